The van der Waals surface area contributed by atoms with Gasteiger partial charge in [0.2, 0.25) is 5.91 Å². The summed E-state index contributed by atoms with van der Waals surface area (Å²) in [5.74, 6) is -0.949. The molecule has 1 heterocycles. The highest BCUT2D eigenvalue weighted by atomic mass is 32.2. The van der Waals surface area contributed by atoms with E-state index in [4.69, 9.17) is 5.73 Å². The van der Waals surface area contributed by atoms with E-state index in [1.165, 1.54) is 0 Å². The van der Waals surface area contributed by atoms with Gasteiger partial charge in [0.1, 0.15) is 0 Å². The lowest BCUT2D eigenvalue weighted by Crippen LogP contribution is -2.45. The van der Waals surface area contributed by atoms with Crippen LogP contribution in [0.5, 0.6) is 0 Å². The SMILES string of the molecule is Cc1cccc(N2C(=O)S[C@H](N(CC(N)=O)c3cccc(C)c3)C2=O)c1. The molecule has 0 saturated carbocycles. The Hall–Kier alpha value is -2.80. The number of carbonyl (C=O) groups is 3. The second kappa shape index (κ2) is 7.21. The van der Waals surface area contributed by atoms with E-state index in [1.54, 1.807) is 29.2 Å². The summed E-state index contributed by atoms with van der Waals surface area (Å²) in [5.41, 5.74) is 8.51. The predicted molar refractivity (Wildman–Crippen MR) is 103 cm³/mol. The molecule has 1 aliphatic heterocycles. The number of hydrogen-bond donors (Lipinski definition) is 1. The van der Waals surface area contributed by atoms with Gasteiger partial charge < -0.3 is 10.6 Å². The average Bonchev–Trinajstić information content (AvgIpc) is 2.87. The average molecular weight is 369 g/mol. The summed E-state index contributed by atoms with van der Waals surface area (Å²) in [6.07, 6.45) is 0. The van der Waals surface area contributed by atoms with E-state index in [0.717, 1.165) is 27.8 Å². The predicted octanol–water partition coefficient (Wildman–Crippen LogP) is 2.82. The maximum Gasteiger partial charge on any atom is 0.295 e. The van der Waals surface area contributed by atoms with Gasteiger partial charge in [-0.05, 0) is 61.0 Å². The van der Waals surface area contributed by atoms with Crippen LogP contribution in [0.3, 0.4) is 0 Å². The number of benzene rings is 2. The first-order chi connectivity index (χ1) is 12.4. The fraction of sp³-hybridized carbons (Fsp3) is 0.211. The summed E-state index contributed by atoms with van der Waals surface area (Å²) in [7, 11) is 0. The minimum absolute atomic E-state index is 0.151. The Morgan fingerprint density at radius 1 is 1.12 bits per heavy atom. The van der Waals surface area contributed by atoms with Crippen molar-refractivity contribution in [3.05, 3.63) is 59.7 Å². The Balaban J connectivity index is 1.96. The smallest absolute Gasteiger partial charge is 0.295 e. The van der Waals surface area contributed by atoms with Crippen LogP contribution < -0.4 is 15.5 Å². The quantitative estimate of drug-likeness (QED) is 0.876. The summed E-state index contributed by atoms with van der Waals surface area (Å²) >= 11 is 0.889. The molecule has 1 saturated heterocycles. The molecule has 3 amide bonds. The van der Waals surface area contributed by atoms with E-state index in [2.05, 4.69) is 0 Å². The van der Waals surface area contributed by atoms with E-state index >= 15 is 0 Å². The number of aryl methyl sites for hydroxylation is 2. The van der Waals surface area contributed by atoms with Gasteiger partial charge in [-0.25, -0.2) is 4.90 Å². The van der Waals surface area contributed by atoms with Crippen LogP contribution in [0.4, 0.5) is 16.2 Å². The first-order valence-corrected chi connectivity index (χ1v) is 8.97. The fourth-order valence-electron chi connectivity index (χ4n) is 2.88. The Morgan fingerprint density at radius 3 is 2.38 bits per heavy atom. The van der Waals surface area contributed by atoms with Crippen molar-refractivity contribution < 1.29 is 14.4 Å². The van der Waals surface area contributed by atoms with Gasteiger partial charge in [0.25, 0.3) is 11.1 Å². The normalized spacial score (nSPS) is 16.8. The molecule has 134 valence electrons. The van der Waals surface area contributed by atoms with Crippen LogP contribution in [0.25, 0.3) is 0 Å². The molecule has 0 radical (unpaired) electrons. The topological polar surface area (TPSA) is 83.7 Å². The zero-order valence-corrected chi connectivity index (χ0v) is 15.3. The number of primary amides is 1. The number of hydrogen-bond acceptors (Lipinski definition) is 5. The van der Waals surface area contributed by atoms with E-state index in [1.807, 2.05) is 38.1 Å². The van der Waals surface area contributed by atoms with Crippen molar-refractivity contribution in [1.29, 1.82) is 0 Å². The third-order valence-electron chi connectivity index (χ3n) is 4.03. The van der Waals surface area contributed by atoms with Gasteiger partial charge in [0, 0.05) is 5.69 Å². The summed E-state index contributed by atoms with van der Waals surface area (Å²) in [5, 5.41) is -1.20. The maximum atomic E-state index is 13.0. The van der Waals surface area contributed by atoms with Crippen molar-refractivity contribution in [2.45, 2.75) is 19.2 Å². The molecule has 0 unspecified atom stereocenters. The summed E-state index contributed by atoms with van der Waals surface area (Å²) < 4.78 is 0. The van der Waals surface area contributed by atoms with Gasteiger partial charge in [0.15, 0.2) is 5.37 Å². The van der Waals surface area contributed by atoms with Crippen molar-refractivity contribution in [2.75, 3.05) is 16.3 Å². The van der Waals surface area contributed by atoms with Crippen molar-refractivity contribution in [3.63, 3.8) is 0 Å². The van der Waals surface area contributed by atoms with Gasteiger partial charge in [-0.15, -0.1) is 0 Å². The number of thioether (sulfide) groups is 1. The minimum Gasteiger partial charge on any atom is -0.368 e. The third kappa shape index (κ3) is 3.57. The van der Waals surface area contributed by atoms with Crippen LogP contribution in [0.1, 0.15) is 11.1 Å². The molecule has 1 fully saturated rings. The molecule has 7 heteroatoms. The van der Waals surface area contributed by atoms with Crippen molar-refractivity contribution >= 4 is 40.2 Å². The summed E-state index contributed by atoms with van der Waals surface area (Å²) in [6, 6.07) is 14.6. The number of nitrogens with zero attached hydrogens (tertiary/aromatic N) is 2. The monoisotopic (exact) mass is 369 g/mol. The van der Waals surface area contributed by atoms with Gasteiger partial charge in [-0.2, -0.15) is 0 Å². The molecule has 1 aliphatic rings. The van der Waals surface area contributed by atoms with Crippen molar-refractivity contribution in [3.8, 4) is 0 Å². The highest BCUT2D eigenvalue weighted by Gasteiger charge is 2.44. The lowest BCUT2D eigenvalue weighted by atomic mass is 10.2. The Labute approximate surface area is 156 Å². The molecular weight excluding hydrogens is 350 g/mol. The van der Waals surface area contributed by atoms with Crippen LogP contribution in [0.2, 0.25) is 0 Å². The fourth-order valence-corrected chi connectivity index (χ4v) is 3.90. The van der Waals surface area contributed by atoms with Gasteiger partial charge in [-0.1, -0.05) is 24.3 Å². The highest BCUT2D eigenvalue weighted by Crippen LogP contribution is 2.36. The third-order valence-corrected chi connectivity index (χ3v) is 5.09. The number of anilines is 2. The summed E-state index contributed by atoms with van der Waals surface area (Å²) in [4.78, 5) is 39.8. The van der Waals surface area contributed by atoms with E-state index in [0.29, 0.717) is 11.4 Å². The molecule has 26 heavy (non-hydrogen) atoms. The minimum atomic E-state index is -0.836. The maximum absolute atomic E-state index is 13.0. The molecule has 2 aromatic rings. The number of carbonyl (C=O) groups excluding carboxylic acids is 3. The zero-order chi connectivity index (χ0) is 18.8. The zero-order valence-electron chi connectivity index (χ0n) is 14.5. The van der Waals surface area contributed by atoms with Crippen LogP contribution in [0.15, 0.2) is 48.5 Å². The largest absolute Gasteiger partial charge is 0.368 e. The Morgan fingerprint density at radius 2 is 1.77 bits per heavy atom. The molecule has 2 aromatic carbocycles. The molecule has 6 nitrogen and oxygen atoms in total. The molecular formula is C19H19N3O3S. The molecule has 0 aliphatic carbocycles. The summed E-state index contributed by atoms with van der Waals surface area (Å²) in [6.45, 7) is 3.66. The van der Waals surface area contributed by atoms with Crippen LogP contribution in [0, 0.1) is 13.8 Å². The Kier molecular flexibility index (Phi) is 4.99. The standard InChI is InChI=1S/C19H19N3O3S/c1-12-5-3-7-14(9-12)21(11-16(20)23)18-17(24)22(19(25)26-18)15-8-4-6-13(2)10-15/h3-10,18H,11H2,1-2H3,(H2,20,23)/t18-/m0/s1. The molecule has 2 N–H and O–H groups in total. The second-order valence-corrected chi connectivity index (χ2v) is 7.21. The number of nitrogens with two attached hydrogens (primary N) is 1. The number of rotatable bonds is 5. The molecule has 0 bridgehead atoms. The molecule has 3 rings (SSSR count). The second-order valence-electron chi connectivity index (χ2n) is 6.18. The van der Waals surface area contributed by atoms with E-state index in [9.17, 15) is 14.4 Å². The highest BCUT2D eigenvalue weighted by molar-refractivity contribution is 8.16. The Bertz CT molecular complexity index is 884. The lowest BCUT2D eigenvalue weighted by Gasteiger charge is -2.27. The van der Waals surface area contributed by atoms with Crippen molar-refractivity contribution in [1.82, 2.24) is 0 Å². The first kappa shape index (κ1) is 18.0. The lowest BCUT2D eigenvalue weighted by molar-refractivity contribution is -0.117. The van der Waals surface area contributed by atoms with Gasteiger partial charge in [0.05, 0.1) is 12.2 Å². The van der Waals surface area contributed by atoms with Crippen molar-refractivity contribution in [2.24, 2.45) is 5.73 Å². The van der Waals surface area contributed by atoms with E-state index in [-0.39, 0.29) is 17.7 Å². The van der Waals surface area contributed by atoms with Gasteiger partial charge in [-0.3, -0.25) is 14.4 Å². The van der Waals surface area contributed by atoms with Crippen LogP contribution >= 0.6 is 11.8 Å². The van der Waals surface area contributed by atoms with E-state index < -0.39 is 11.3 Å². The number of imide groups is 1. The molecule has 1 atom stereocenters. The van der Waals surface area contributed by atoms with Crippen LogP contribution in [-0.4, -0.2) is 29.0 Å². The first-order valence-electron chi connectivity index (χ1n) is 8.09. The molecule has 0 aromatic heterocycles. The van der Waals surface area contributed by atoms with Gasteiger partial charge >= 0.3 is 0 Å². The molecule has 0 spiro atoms. The number of amides is 3. The van der Waals surface area contributed by atoms with Crippen LogP contribution in [-0.2, 0) is 9.59 Å².